The first-order valence-corrected chi connectivity index (χ1v) is 7.66. The van der Waals surface area contributed by atoms with Gasteiger partial charge in [0.05, 0.1) is 6.10 Å². The quantitative estimate of drug-likeness (QED) is 0.896. The van der Waals surface area contributed by atoms with Crippen molar-refractivity contribution in [1.82, 2.24) is 4.72 Å². The summed E-state index contributed by atoms with van der Waals surface area (Å²) in [5.41, 5.74) is -0.560. The number of sulfonamides is 1. The van der Waals surface area contributed by atoms with E-state index in [2.05, 4.69) is 4.72 Å². The smallest absolute Gasteiger partial charge is 0.243 e. The molecule has 0 bridgehead atoms. The summed E-state index contributed by atoms with van der Waals surface area (Å²) in [6, 6.07) is 2.99. The second kappa shape index (κ2) is 4.70. The van der Waals surface area contributed by atoms with Crippen molar-refractivity contribution in [2.24, 2.45) is 5.41 Å². The Bertz CT molecular complexity index is 603. The fourth-order valence-corrected chi connectivity index (χ4v) is 3.67. The molecule has 2 N–H and O–H groups in total. The molecule has 1 aliphatic carbocycles. The highest BCUT2D eigenvalue weighted by atomic mass is 35.5. The van der Waals surface area contributed by atoms with Crippen LogP contribution in [0, 0.1) is 11.2 Å². The second-order valence-electron chi connectivity index (χ2n) is 5.32. The normalized spacial score (nSPS) is 25.9. The van der Waals surface area contributed by atoms with Crippen LogP contribution in [0.15, 0.2) is 23.1 Å². The van der Waals surface area contributed by atoms with Gasteiger partial charge in [-0.2, -0.15) is 0 Å². The molecule has 1 saturated carbocycles. The number of aliphatic hydroxyl groups excluding tert-OH is 1. The van der Waals surface area contributed by atoms with Crippen LogP contribution in [0.5, 0.6) is 0 Å². The lowest BCUT2D eigenvalue weighted by Crippen LogP contribution is -2.61. The zero-order chi connectivity index (χ0) is 14.4. The van der Waals surface area contributed by atoms with Crippen LogP contribution in [0.4, 0.5) is 4.39 Å². The van der Waals surface area contributed by atoms with Gasteiger partial charge in [0, 0.05) is 16.5 Å². The molecule has 0 aliphatic heterocycles. The van der Waals surface area contributed by atoms with Gasteiger partial charge in [0.15, 0.2) is 0 Å². The van der Waals surface area contributed by atoms with Crippen molar-refractivity contribution in [2.75, 3.05) is 0 Å². The predicted molar refractivity (Wildman–Crippen MR) is 69.9 cm³/mol. The minimum Gasteiger partial charge on any atom is -0.392 e. The molecule has 0 radical (unpaired) electrons. The zero-order valence-electron chi connectivity index (χ0n) is 10.5. The largest absolute Gasteiger partial charge is 0.392 e. The molecule has 0 aromatic heterocycles. The third-order valence-electron chi connectivity index (χ3n) is 3.70. The average molecular weight is 308 g/mol. The first-order valence-electron chi connectivity index (χ1n) is 5.80. The number of nitrogens with one attached hydrogen (secondary N) is 1. The molecular formula is C12H15ClFNO3S. The van der Waals surface area contributed by atoms with E-state index in [0.29, 0.717) is 6.42 Å². The van der Waals surface area contributed by atoms with E-state index >= 15 is 0 Å². The Kier molecular flexibility index (Phi) is 3.64. The van der Waals surface area contributed by atoms with E-state index in [4.69, 9.17) is 11.6 Å². The van der Waals surface area contributed by atoms with Crippen LogP contribution in [0.3, 0.4) is 0 Å². The Balaban J connectivity index is 2.25. The summed E-state index contributed by atoms with van der Waals surface area (Å²) >= 11 is 5.59. The summed E-state index contributed by atoms with van der Waals surface area (Å²) in [6.45, 7) is 3.51. The summed E-state index contributed by atoms with van der Waals surface area (Å²) in [7, 11) is -3.96. The lowest BCUT2D eigenvalue weighted by Gasteiger charge is -2.49. The van der Waals surface area contributed by atoms with Gasteiger partial charge in [-0.1, -0.05) is 25.4 Å². The standard InChI is InChI=1S/C12H15ClFNO3S/c1-12(2)10(6-11(12)16)15-19(17,18)9-4-3-7(13)5-8(9)14/h3-5,10-11,15-16H,6H2,1-2H3. The Morgan fingerprint density at radius 2 is 2.11 bits per heavy atom. The minimum atomic E-state index is -3.96. The SMILES string of the molecule is CC1(C)C(O)CC1NS(=O)(=O)c1ccc(Cl)cc1F. The summed E-state index contributed by atoms with van der Waals surface area (Å²) < 4.78 is 40.2. The maximum absolute atomic E-state index is 13.6. The van der Waals surface area contributed by atoms with Crippen LogP contribution >= 0.6 is 11.6 Å². The number of hydrogen-bond donors (Lipinski definition) is 2. The summed E-state index contributed by atoms with van der Waals surface area (Å²) in [5, 5.41) is 9.71. The van der Waals surface area contributed by atoms with Crippen LogP contribution in [-0.2, 0) is 10.0 Å². The van der Waals surface area contributed by atoms with Gasteiger partial charge in [0.2, 0.25) is 10.0 Å². The molecule has 1 aromatic rings. The maximum atomic E-state index is 13.6. The van der Waals surface area contributed by atoms with Crippen molar-refractivity contribution in [1.29, 1.82) is 0 Å². The van der Waals surface area contributed by atoms with Crippen LogP contribution in [0.1, 0.15) is 20.3 Å². The Labute approximate surface area is 116 Å². The average Bonchev–Trinajstić information content (AvgIpc) is 2.27. The van der Waals surface area contributed by atoms with Gasteiger partial charge >= 0.3 is 0 Å². The summed E-state index contributed by atoms with van der Waals surface area (Å²) in [5.74, 6) is -0.891. The number of rotatable bonds is 3. The van der Waals surface area contributed by atoms with E-state index < -0.39 is 38.3 Å². The van der Waals surface area contributed by atoms with Gasteiger partial charge < -0.3 is 5.11 Å². The highest BCUT2D eigenvalue weighted by Crippen LogP contribution is 2.41. The van der Waals surface area contributed by atoms with Crippen LogP contribution in [-0.4, -0.2) is 25.7 Å². The number of benzene rings is 1. The molecule has 0 heterocycles. The molecule has 1 aromatic carbocycles. The fraction of sp³-hybridized carbons (Fsp3) is 0.500. The zero-order valence-corrected chi connectivity index (χ0v) is 12.1. The summed E-state index contributed by atoms with van der Waals surface area (Å²) in [4.78, 5) is -0.436. The molecule has 0 saturated heterocycles. The highest BCUT2D eigenvalue weighted by Gasteiger charge is 2.49. The van der Waals surface area contributed by atoms with Gasteiger partial charge in [-0.25, -0.2) is 17.5 Å². The van der Waals surface area contributed by atoms with E-state index in [1.165, 1.54) is 6.07 Å². The highest BCUT2D eigenvalue weighted by molar-refractivity contribution is 7.89. The lowest BCUT2D eigenvalue weighted by atomic mass is 9.65. The van der Waals surface area contributed by atoms with E-state index in [0.717, 1.165) is 12.1 Å². The summed E-state index contributed by atoms with van der Waals surface area (Å²) in [6.07, 6.45) is -0.239. The van der Waals surface area contributed by atoms with Crippen molar-refractivity contribution in [3.05, 3.63) is 29.0 Å². The van der Waals surface area contributed by atoms with Gasteiger partial charge in [0.25, 0.3) is 0 Å². The number of halogens is 2. The molecule has 7 heteroatoms. The molecule has 2 atom stereocenters. The van der Waals surface area contributed by atoms with Crippen molar-refractivity contribution in [3.8, 4) is 0 Å². The van der Waals surface area contributed by atoms with Crippen molar-refractivity contribution in [3.63, 3.8) is 0 Å². The molecule has 0 spiro atoms. The van der Waals surface area contributed by atoms with E-state index in [9.17, 15) is 17.9 Å². The maximum Gasteiger partial charge on any atom is 0.243 e. The molecule has 1 aliphatic rings. The second-order valence-corrected chi connectivity index (χ2v) is 7.44. The predicted octanol–water partition coefficient (Wildman–Crippen LogP) is 1.92. The molecule has 4 nitrogen and oxygen atoms in total. The first-order chi connectivity index (χ1) is 8.64. The molecular weight excluding hydrogens is 293 g/mol. The topological polar surface area (TPSA) is 66.4 Å². The van der Waals surface area contributed by atoms with Gasteiger partial charge in [0.1, 0.15) is 10.7 Å². The first kappa shape index (κ1) is 14.7. The molecule has 1 fully saturated rings. The van der Waals surface area contributed by atoms with Crippen molar-refractivity contribution in [2.45, 2.75) is 37.3 Å². The Hall–Kier alpha value is -0.690. The van der Waals surface area contributed by atoms with E-state index in [-0.39, 0.29) is 5.02 Å². The monoisotopic (exact) mass is 307 g/mol. The third-order valence-corrected chi connectivity index (χ3v) is 5.44. The van der Waals surface area contributed by atoms with Crippen LogP contribution < -0.4 is 4.72 Å². The Morgan fingerprint density at radius 1 is 1.47 bits per heavy atom. The van der Waals surface area contributed by atoms with E-state index in [1.54, 1.807) is 13.8 Å². The molecule has 0 amide bonds. The molecule has 106 valence electrons. The molecule has 19 heavy (non-hydrogen) atoms. The van der Waals surface area contributed by atoms with E-state index in [1.807, 2.05) is 0 Å². The fourth-order valence-electron chi connectivity index (χ4n) is 2.05. The lowest BCUT2D eigenvalue weighted by molar-refractivity contribution is -0.0645. The van der Waals surface area contributed by atoms with Gasteiger partial charge in [-0.3, -0.25) is 0 Å². The number of aliphatic hydroxyl groups is 1. The Morgan fingerprint density at radius 3 is 2.58 bits per heavy atom. The minimum absolute atomic E-state index is 0.135. The number of hydrogen-bond acceptors (Lipinski definition) is 3. The van der Waals surface area contributed by atoms with Crippen LogP contribution in [0.25, 0.3) is 0 Å². The van der Waals surface area contributed by atoms with Gasteiger partial charge in [-0.15, -0.1) is 0 Å². The third kappa shape index (κ3) is 2.63. The van der Waals surface area contributed by atoms with Crippen LogP contribution in [0.2, 0.25) is 5.02 Å². The molecule has 2 unspecified atom stereocenters. The van der Waals surface area contributed by atoms with Crippen molar-refractivity contribution >= 4 is 21.6 Å². The molecule has 2 rings (SSSR count). The van der Waals surface area contributed by atoms with Gasteiger partial charge in [-0.05, 0) is 24.6 Å². The van der Waals surface area contributed by atoms with Crippen molar-refractivity contribution < 1.29 is 17.9 Å².